The average molecular weight is 399 g/mol. The molecule has 0 aromatic heterocycles. The summed E-state index contributed by atoms with van der Waals surface area (Å²) in [4.78, 5) is 24.1. The number of carbonyl (C=O) groups excluding carboxylic acids is 2. The van der Waals surface area contributed by atoms with Crippen molar-refractivity contribution in [2.45, 2.75) is 38.9 Å². The van der Waals surface area contributed by atoms with Crippen LogP contribution in [0.15, 0.2) is 48.5 Å². The molecule has 0 bridgehead atoms. The highest BCUT2D eigenvalue weighted by Gasteiger charge is 2.52. The first-order valence-electron chi connectivity index (χ1n) is 9.26. The van der Waals surface area contributed by atoms with Crippen molar-refractivity contribution < 1.29 is 28.0 Å². The van der Waals surface area contributed by atoms with Crippen molar-refractivity contribution in [2.75, 3.05) is 6.73 Å². The Bertz CT molecular complexity index is 901. The maximum Gasteiger partial charge on any atom is 0.497 e. The van der Waals surface area contributed by atoms with Gasteiger partial charge >= 0.3 is 13.1 Å². The van der Waals surface area contributed by atoms with Crippen LogP contribution in [0.25, 0.3) is 0 Å². The summed E-state index contributed by atoms with van der Waals surface area (Å²) in [5.41, 5.74) is -0.500. The van der Waals surface area contributed by atoms with Crippen LogP contribution in [0, 0.1) is 5.82 Å². The van der Waals surface area contributed by atoms with E-state index in [1.54, 1.807) is 30.3 Å². The minimum Gasteiger partial charge on any atom is -0.441 e. The Morgan fingerprint density at radius 1 is 1.00 bits per heavy atom. The average Bonchev–Trinajstić information content (AvgIpc) is 2.89. The minimum atomic E-state index is -0.857. The van der Waals surface area contributed by atoms with Gasteiger partial charge in [-0.15, -0.1) is 0 Å². The molecule has 3 rings (SSSR count). The number of ether oxygens (including phenoxy) is 1. The predicted octanol–water partition coefficient (Wildman–Crippen LogP) is 2.67. The van der Waals surface area contributed by atoms with E-state index < -0.39 is 36.0 Å². The fraction of sp³-hybridized carbons (Fsp3) is 0.333. The van der Waals surface area contributed by atoms with Crippen molar-refractivity contribution in [2.24, 2.45) is 0 Å². The third kappa shape index (κ3) is 4.49. The van der Waals surface area contributed by atoms with E-state index in [-0.39, 0.29) is 17.8 Å². The van der Waals surface area contributed by atoms with Crippen LogP contribution in [-0.4, -0.2) is 36.9 Å². The number of benzene rings is 2. The molecule has 1 N–H and O–H groups in total. The van der Waals surface area contributed by atoms with E-state index in [9.17, 15) is 14.0 Å². The molecule has 1 saturated heterocycles. The normalized spacial score (nSPS) is 17.1. The third-order valence-corrected chi connectivity index (χ3v) is 5.22. The number of carbonyl (C=O) groups is 2. The van der Waals surface area contributed by atoms with Crippen LogP contribution in [-0.2, 0) is 14.0 Å². The number of halogens is 1. The van der Waals surface area contributed by atoms with Gasteiger partial charge < -0.3 is 19.4 Å². The Morgan fingerprint density at radius 3 is 2.21 bits per heavy atom. The largest absolute Gasteiger partial charge is 0.497 e. The van der Waals surface area contributed by atoms with E-state index in [4.69, 9.17) is 14.0 Å². The molecule has 1 heterocycles. The van der Waals surface area contributed by atoms with Crippen LogP contribution >= 0.6 is 0 Å². The molecule has 0 saturated carbocycles. The van der Waals surface area contributed by atoms with Gasteiger partial charge in [0, 0.05) is 11.0 Å². The van der Waals surface area contributed by atoms with Gasteiger partial charge in [0.15, 0.2) is 6.73 Å². The summed E-state index contributed by atoms with van der Waals surface area (Å²) >= 11 is 0. The van der Waals surface area contributed by atoms with Gasteiger partial charge in [0.25, 0.3) is 5.91 Å². The molecule has 6 nitrogen and oxygen atoms in total. The summed E-state index contributed by atoms with van der Waals surface area (Å²) in [7, 11) is -0.857. The van der Waals surface area contributed by atoms with E-state index >= 15 is 0 Å². The molecule has 0 atom stereocenters. The lowest BCUT2D eigenvalue weighted by atomic mass is 9.78. The highest BCUT2D eigenvalue weighted by atomic mass is 19.1. The first kappa shape index (κ1) is 21.0. The monoisotopic (exact) mass is 399 g/mol. The molecule has 2 aromatic carbocycles. The second kappa shape index (κ2) is 7.97. The van der Waals surface area contributed by atoms with E-state index in [1.165, 1.54) is 12.1 Å². The van der Waals surface area contributed by atoms with Gasteiger partial charge in [0.2, 0.25) is 0 Å². The van der Waals surface area contributed by atoms with E-state index in [1.807, 2.05) is 27.7 Å². The van der Waals surface area contributed by atoms with E-state index in [2.05, 4.69) is 5.32 Å². The Morgan fingerprint density at radius 2 is 1.62 bits per heavy atom. The van der Waals surface area contributed by atoms with Crippen molar-refractivity contribution in [1.82, 2.24) is 5.32 Å². The van der Waals surface area contributed by atoms with Gasteiger partial charge in [-0.3, -0.25) is 4.79 Å². The lowest BCUT2D eigenvalue weighted by molar-refractivity contribution is 0.00578. The second-order valence-electron chi connectivity index (χ2n) is 7.77. The number of hydrogen-bond donors (Lipinski definition) is 1. The maximum absolute atomic E-state index is 14.6. The Hall–Kier alpha value is -2.71. The zero-order valence-corrected chi connectivity index (χ0v) is 16.8. The van der Waals surface area contributed by atoms with Gasteiger partial charge in [0.05, 0.1) is 16.8 Å². The smallest absolute Gasteiger partial charge is 0.441 e. The Balaban J connectivity index is 1.60. The molecular weight excluding hydrogens is 376 g/mol. The van der Waals surface area contributed by atoms with Crippen LogP contribution in [0.5, 0.6) is 0 Å². The quantitative estimate of drug-likeness (QED) is 0.476. The number of amides is 1. The molecule has 0 aliphatic carbocycles. The van der Waals surface area contributed by atoms with Crippen molar-refractivity contribution in [3.63, 3.8) is 0 Å². The van der Waals surface area contributed by atoms with Crippen LogP contribution < -0.4 is 10.8 Å². The van der Waals surface area contributed by atoms with E-state index in [0.717, 1.165) is 6.07 Å². The van der Waals surface area contributed by atoms with Crippen LogP contribution in [0.4, 0.5) is 4.39 Å². The SMILES string of the molecule is CC1(C)OB(c2ccc(C(=O)NCOC(=O)c3ccccc3)cc2F)OC1(C)C. The maximum atomic E-state index is 14.6. The summed E-state index contributed by atoms with van der Waals surface area (Å²) in [6.07, 6.45) is 0. The predicted molar refractivity (Wildman–Crippen MR) is 106 cm³/mol. The molecule has 8 heteroatoms. The fourth-order valence-corrected chi connectivity index (χ4v) is 2.76. The summed E-state index contributed by atoms with van der Waals surface area (Å²) in [6, 6.07) is 12.4. The molecule has 1 aliphatic heterocycles. The Kier molecular flexibility index (Phi) is 5.77. The molecule has 1 fully saturated rings. The number of hydrogen-bond acceptors (Lipinski definition) is 5. The summed E-state index contributed by atoms with van der Waals surface area (Å²) < 4.78 is 31.3. The standard InChI is InChI=1S/C21H23BFNO5/c1-20(2)21(3,4)29-22(28-20)16-11-10-15(12-17(16)23)18(25)24-13-27-19(26)14-8-6-5-7-9-14/h5-12H,13H2,1-4H3,(H,24,25). The molecule has 1 aliphatic rings. The van der Waals surface area contributed by atoms with Crippen molar-refractivity contribution >= 4 is 24.5 Å². The zero-order chi connectivity index (χ0) is 21.2. The molecular formula is C21H23BFNO5. The highest BCUT2D eigenvalue weighted by molar-refractivity contribution is 6.62. The number of esters is 1. The van der Waals surface area contributed by atoms with Crippen molar-refractivity contribution in [1.29, 1.82) is 0 Å². The van der Waals surface area contributed by atoms with Gasteiger partial charge in [-0.05, 0) is 52.0 Å². The van der Waals surface area contributed by atoms with Gasteiger partial charge in [-0.25, -0.2) is 9.18 Å². The lowest BCUT2D eigenvalue weighted by Crippen LogP contribution is -2.41. The molecule has 0 unspecified atom stereocenters. The zero-order valence-electron chi connectivity index (χ0n) is 16.8. The number of rotatable bonds is 5. The van der Waals surface area contributed by atoms with Crippen LogP contribution in [0.1, 0.15) is 48.4 Å². The van der Waals surface area contributed by atoms with Gasteiger partial charge in [0.1, 0.15) is 5.82 Å². The third-order valence-electron chi connectivity index (χ3n) is 5.22. The fourth-order valence-electron chi connectivity index (χ4n) is 2.76. The number of nitrogens with one attached hydrogen (secondary N) is 1. The highest BCUT2D eigenvalue weighted by Crippen LogP contribution is 2.36. The molecule has 152 valence electrons. The van der Waals surface area contributed by atoms with Gasteiger partial charge in [-0.2, -0.15) is 0 Å². The van der Waals surface area contributed by atoms with Crippen molar-refractivity contribution in [3.05, 3.63) is 65.5 Å². The first-order chi connectivity index (χ1) is 13.6. The van der Waals surface area contributed by atoms with Crippen molar-refractivity contribution in [3.8, 4) is 0 Å². The molecule has 0 spiro atoms. The molecule has 2 aromatic rings. The Labute approximate surface area is 169 Å². The van der Waals surface area contributed by atoms with Gasteiger partial charge in [-0.1, -0.05) is 24.3 Å². The summed E-state index contributed by atoms with van der Waals surface area (Å²) in [6.45, 7) is 7.19. The minimum absolute atomic E-state index is 0.0959. The van der Waals surface area contributed by atoms with E-state index in [0.29, 0.717) is 5.56 Å². The molecule has 29 heavy (non-hydrogen) atoms. The topological polar surface area (TPSA) is 73.9 Å². The van der Waals surface area contributed by atoms with Crippen LogP contribution in [0.2, 0.25) is 0 Å². The second-order valence-corrected chi connectivity index (χ2v) is 7.77. The summed E-state index contributed by atoms with van der Waals surface area (Å²) in [5.74, 6) is -1.74. The molecule has 0 radical (unpaired) electrons. The lowest BCUT2D eigenvalue weighted by Gasteiger charge is -2.32. The summed E-state index contributed by atoms with van der Waals surface area (Å²) in [5, 5.41) is 2.43. The van der Waals surface area contributed by atoms with Crippen LogP contribution in [0.3, 0.4) is 0 Å². The first-order valence-corrected chi connectivity index (χ1v) is 9.26. The molecule has 1 amide bonds.